The minimum absolute atomic E-state index is 0.416. The zero-order valence-electron chi connectivity index (χ0n) is 8.02. The highest BCUT2D eigenvalue weighted by molar-refractivity contribution is 7.15. The molecule has 1 atom stereocenters. The van der Waals surface area contributed by atoms with E-state index in [2.05, 4.69) is 4.98 Å². The Morgan fingerprint density at radius 2 is 2.12 bits per heavy atom. The van der Waals surface area contributed by atoms with Gasteiger partial charge >= 0.3 is 0 Å². The first-order valence-corrected chi connectivity index (χ1v) is 5.99. The molecule has 6 heteroatoms. The van der Waals surface area contributed by atoms with Crippen LogP contribution in [-0.4, -0.2) is 10.1 Å². The highest BCUT2D eigenvalue weighted by Gasteiger charge is 2.16. The molecule has 0 spiro atoms. The van der Waals surface area contributed by atoms with E-state index in [0.29, 0.717) is 25.6 Å². The largest absolute Gasteiger partial charge is 0.383 e. The molecule has 0 bridgehead atoms. The van der Waals surface area contributed by atoms with Crippen molar-refractivity contribution in [3.63, 3.8) is 0 Å². The zero-order chi connectivity index (χ0) is 11.7. The van der Waals surface area contributed by atoms with Crippen LogP contribution in [-0.2, 0) is 0 Å². The Balaban J connectivity index is 2.37. The maximum Gasteiger partial charge on any atom is 0.180 e. The molecule has 2 rings (SSSR count). The summed E-state index contributed by atoms with van der Waals surface area (Å²) in [6.45, 7) is 0. The Kier molecular flexibility index (Phi) is 3.35. The number of thiazole rings is 1. The maximum atomic E-state index is 10.1. The van der Waals surface area contributed by atoms with Crippen molar-refractivity contribution in [3.05, 3.63) is 44.9 Å². The SMILES string of the molecule is Nc1ncc(C(O)c2ccc(Cl)cc2Cl)s1. The normalized spacial score (nSPS) is 12.7. The number of nitrogens with zero attached hydrogens (tertiary/aromatic N) is 1. The van der Waals surface area contributed by atoms with Crippen molar-refractivity contribution in [2.75, 3.05) is 5.73 Å². The van der Waals surface area contributed by atoms with Crippen LogP contribution in [0.5, 0.6) is 0 Å². The lowest BCUT2D eigenvalue weighted by molar-refractivity contribution is 0.224. The predicted molar refractivity (Wildman–Crippen MR) is 67.1 cm³/mol. The number of benzene rings is 1. The van der Waals surface area contributed by atoms with Gasteiger partial charge in [-0.3, -0.25) is 0 Å². The van der Waals surface area contributed by atoms with Crippen LogP contribution in [0.3, 0.4) is 0 Å². The van der Waals surface area contributed by atoms with Gasteiger partial charge < -0.3 is 10.8 Å². The maximum absolute atomic E-state index is 10.1. The second-order valence-corrected chi connectivity index (χ2v) is 5.11. The molecule has 3 N–H and O–H groups in total. The van der Waals surface area contributed by atoms with Crippen molar-refractivity contribution in [2.24, 2.45) is 0 Å². The number of aromatic nitrogens is 1. The Bertz CT molecular complexity index is 515. The van der Waals surface area contributed by atoms with Gasteiger partial charge in [-0.15, -0.1) is 0 Å². The molecule has 0 saturated heterocycles. The number of halogens is 2. The van der Waals surface area contributed by atoms with E-state index in [0.717, 1.165) is 0 Å². The topological polar surface area (TPSA) is 59.1 Å². The highest BCUT2D eigenvalue weighted by Crippen LogP contribution is 2.33. The van der Waals surface area contributed by atoms with Crippen LogP contribution in [0.15, 0.2) is 24.4 Å². The molecule has 16 heavy (non-hydrogen) atoms. The van der Waals surface area contributed by atoms with Crippen LogP contribution < -0.4 is 5.73 Å². The zero-order valence-corrected chi connectivity index (χ0v) is 10.4. The number of nitrogen functional groups attached to an aromatic ring is 1. The molecule has 0 aliphatic heterocycles. The molecular weight excluding hydrogens is 267 g/mol. The van der Waals surface area contributed by atoms with Crippen LogP contribution >= 0.6 is 34.5 Å². The third kappa shape index (κ3) is 2.30. The fourth-order valence-corrected chi connectivity index (χ4v) is 2.51. The van der Waals surface area contributed by atoms with Gasteiger partial charge in [0.15, 0.2) is 5.13 Å². The molecule has 1 unspecified atom stereocenters. The van der Waals surface area contributed by atoms with Crippen LogP contribution in [0.1, 0.15) is 16.5 Å². The van der Waals surface area contributed by atoms with Gasteiger partial charge in [0.05, 0.1) is 4.88 Å². The molecule has 1 heterocycles. The molecule has 0 fully saturated rings. The minimum atomic E-state index is -0.820. The number of aliphatic hydroxyl groups is 1. The third-order valence-electron chi connectivity index (χ3n) is 2.07. The molecule has 0 aliphatic carbocycles. The Labute approximate surface area is 106 Å². The average molecular weight is 275 g/mol. The third-order valence-corrected chi connectivity index (χ3v) is 3.51. The summed E-state index contributed by atoms with van der Waals surface area (Å²) in [6, 6.07) is 4.95. The lowest BCUT2D eigenvalue weighted by atomic mass is 10.1. The highest BCUT2D eigenvalue weighted by atomic mass is 35.5. The van der Waals surface area contributed by atoms with Gasteiger partial charge in [-0.2, -0.15) is 0 Å². The summed E-state index contributed by atoms with van der Waals surface area (Å²) < 4.78 is 0. The van der Waals surface area contributed by atoms with Gasteiger partial charge in [0.25, 0.3) is 0 Å². The van der Waals surface area contributed by atoms with Gasteiger partial charge in [-0.05, 0) is 12.1 Å². The van der Waals surface area contributed by atoms with Gasteiger partial charge in [0.1, 0.15) is 6.10 Å². The number of aliphatic hydroxyl groups excluding tert-OH is 1. The Hall–Kier alpha value is -0.810. The smallest absolute Gasteiger partial charge is 0.180 e. The number of hydrogen-bond donors (Lipinski definition) is 2. The molecule has 0 radical (unpaired) electrons. The Morgan fingerprint density at radius 1 is 1.38 bits per heavy atom. The monoisotopic (exact) mass is 274 g/mol. The number of rotatable bonds is 2. The fourth-order valence-electron chi connectivity index (χ4n) is 1.30. The lowest BCUT2D eigenvalue weighted by Crippen LogP contribution is -1.97. The van der Waals surface area contributed by atoms with Gasteiger partial charge in [-0.1, -0.05) is 40.6 Å². The van der Waals surface area contributed by atoms with Crippen LogP contribution in [0, 0.1) is 0 Å². The summed E-state index contributed by atoms with van der Waals surface area (Å²) in [5.41, 5.74) is 6.09. The number of hydrogen-bond acceptors (Lipinski definition) is 4. The summed E-state index contributed by atoms with van der Waals surface area (Å²) in [7, 11) is 0. The number of nitrogens with two attached hydrogens (primary N) is 1. The molecular formula is C10H8Cl2N2OS. The first-order valence-electron chi connectivity index (χ1n) is 4.42. The van der Waals surface area contributed by atoms with Crippen molar-refractivity contribution in [1.29, 1.82) is 0 Å². The van der Waals surface area contributed by atoms with Crippen LogP contribution in [0.25, 0.3) is 0 Å². The Morgan fingerprint density at radius 3 is 2.69 bits per heavy atom. The summed E-state index contributed by atoms with van der Waals surface area (Å²) in [4.78, 5) is 4.53. The van der Waals surface area contributed by atoms with E-state index in [9.17, 15) is 5.11 Å². The van der Waals surface area contributed by atoms with Gasteiger partial charge in [0.2, 0.25) is 0 Å². The van der Waals surface area contributed by atoms with Crippen molar-refractivity contribution in [1.82, 2.24) is 4.98 Å². The van der Waals surface area contributed by atoms with Gasteiger partial charge in [0, 0.05) is 21.8 Å². The molecule has 0 aliphatic rings. The fraction of sp³-hybridized carbons (Fsp3) is 0.100. The average Bonchev–Trinajstić information content (AvgIpc) is 2.64. The molecule has 2 aromatic rings. The summed E-state index contributed by atoms with van der Waals surface area (Å²) in [5, 5.41) is 11.4. The van der Waals surface area contributed by atoms with E-state index in [1.807, 2.05) is 0 Å². The number of anilines is 1. The molecule has 1 aromatic heterocycles. The van der Waals surface area contributed by atoms with E-state index in [4.69, 9.17) is 28.9 Å². The summed E-state index contributed by atoms with van der Waals surface area (Å²) in [6.07, 6.45) is 0.717. The van der Waals surface area contributed by atoms with Crippen LogP contribution in [0.4, 0.5) is 5.13 Å². The second kappa shape index (κ2) is 4.59. The second-order valence-electron chi connectivity index (χ2n) is 3.17. The molecule has 3 nitrogen and oxygen atoms in total. The predicted octanol–water partition coefficient (Wildman–Crippen LogP) is 3.11. The van der Waals surface area contributed by atoms with Crippen molar-refractivity contribution in [3.8, 4) is 0 Å². The van der Waals surface area contributed by atoms with Crippen molar-refractivity contribution < 1.29 is 5.11 Å². The molecule has 0 amide bonds. The summed E-state index contributed by atoms with van der Waals surface area (Å²) >= 11 is 13.0. The minimum Gasteiger partial charge on any atom is -0.383 e. The standard InChI is InChI=1S/C10H8Cl2N2OS/c11-5-1-2-6(7(12)3-5)9(15)8-4-14-10(13)16-8/h1-4,9,15H,(H2,13,14). The molecule has 84 valence electrons. The van der Waals surface area contributed by atoms with Crippen LogP contribution in [0.2, 0.25) is 10.0 Å². The van der Waals surface area contributed by atoms with Gasteiger partial charge in [-0.25, -0.2) is 4.98 Å². The van der Waals surface area contributed by atoms with E-state index in [1.165, 1.54) is 17.5 Å². The van der Waals surface area contributed by atoms with E-state index in [-0.39, 0.29) is 0 Å². The lowest BCUT2D eigenvalue weighted by Gasteiger charge is -2.10. The van der Waals surface area contributed by atoms with E-state index >= 15 is 0 Å². The quantitative estimate of drug-likeness (QED) is 0.885. The molecule has 1 aromatic carbocycles. The summed E-state index contributed by atoms with van der Waals surface area (Å²) in [5.74, 6) is 0. The first kappa shape index (κ1) is 11.7. The first-order chi connectivity index (χ1) is 7.58. The molecule has 0 saturated carbocycles. The van der Waals surface area contributed by atoms with E-state index in [1.54, 1.807) is 18.2 Å². The van der Waals surface area contributed by atoms with Crippen molar-refractivity contribution in [2.45, 2.75) is 6.10 Å². The van der Waals surface area contributed by atoms with Crippen molar-refractivity contribution >= 4 is 39.7 Å². The van der Waals surface area contributed by atoms with E-state index < -0.39 is 6.10 Å².